The van der Waals surface area contributed by atoms with E-state index < -0.39 is 0 Å². The van der Waals surface area contributed by atoms with Crippen LogP contribution in [0.5, 0.6) is 5.75 Å². The SMILES string of the molecule is CNCC1CCCCN1CC1Cc2cc(Cl)ccc2O1. The van der Waals surface area contributed by atoms with E-state index in [0.717, 1.165) is 30.3 Å². The van der Waals surface area contributed by atoms with E-state index in [0.29, 0.717) is 6.04 Å². The molecule has 2 unspecified atom stereocenters. The highest BCUT2D eigenvalue weighted by Crippen LogP contribution is 2.32. The number of nitrogens with zero attached hydrogens (tertiary/aromatic N) is 1. The van der Waals surface area contributed by atoms with Crippen molar-refractivity contribution in [2.24, 2.45) is 0 Å². The van der Waals surface area contributed by atoms with Gasteiger partial charge in [0.2, 0.25) is 0 Å². The summed E-state index contributed by atoms with van der Waals surface area (Å²) >= 11 is 6.05. The third-order valence-corrected chi connectivity index (χ3v) is 4.63. The predicted octanol–water partition coefficient (Wildman–Crippen LogP) is 2.72. The molecule has 0 aliphatic carbocycles. The molecule has 0 amide bonds. The van der Waals surface area contributed by atoms with Gasteiger partial charge in [0.1, 0.15) is 11.9 Å². The molecule has 20 heavy (non-hydrogen) atoms. The zero-order chi connectivity index (χ0) is 13.9. The molecule has 110 valence electrons. The number of benzene rings is 1. The van der Waals surface area contributed by atoms with Gasteiger partial charge in [-0.15, -0.1) is 0 Å². The topological polar surface area (TPSA) is 24.5 Å². The van der Waals surface area contributed by atoms with Gasteiger partial charge in [0.05, 0.1) is 0 Å². The fourth-order valence-electron chi connectivity index (χ4n) is 3.42. The summed E-state index contributed by atoms with van der Waals surface area (Å²) in [6.45, 7) is 3.30. The molecular weight excluding hydrogens is 272 g/mol. The van der Waals surface area contributed by atoms with E-state index in [1.165, 1.54) is 31.4 Å². The van der Waals surface area contributed by atoms with Crippen LogP contribution in [0.15, 0.2) is 18.2 Å². The van der Waals surface area contributed by atoms with Crippen LogP contribution < -0.4 is 10.1 Å². The Kier molecular flexibility index (Phi) is 4.49. The van der Waals surface area contributed by atoms with Crippen LogP contribution in [-0.4, -0.2) is 43.7 Å². The molecule has 2 heterocycles. The minimum Gasteiger partial charge on any atom is -0.488 e. The molecule has 0 bridgehead atoms. The smallest absolute Gasteiger partial charge is 0.123 e. The highest BCUT2D eigenvalue weighted by atomic mass is 35.5. The Morgan fingerprint density at radius 2 is 2.30 bits per heavy atom. The van der Waals surface area contributed by atoms with Crippen molar-refractivity contribution in [2.45, 2.75) is 37.8 Å². The van der Waals surface area contributed by atoms with Crippen molar-refractivity contribution < 1.29 is 4.74 Å². The van der Waals surface area contributed by atoms with Crippen molar-refractivity contribution in [1.82, 2.24) is 10.2 Å². The zero-order valence-electron chi connectivity index (χ0n) is 12.1. The first-order valence-electron chi connectivity index (χ1n) is 7.60. The molecule has 0 spiro atoms. The molecule has 3 nitrogen and oxygen atoms in total. The molecule has 1 aromatic carbocycles. The molecule has 1 saturated heterocycles. The van der Waals surface area contributed by atoms with Gasteiger partial charge >= 0.3 is 0 Å². The Hall–Kier alpha value is -0.770. The van der Waals surface area contributed by atoms with Crippen LogP contribution in [0.2, 0.25) is 5.02 Å². The molecule has 1 N–H and O–H groups in total. The fraction of sp³-hybridized carbons (Fsp3) is 0.625. The highest BCUT2D eigenvalue weighted by Gasteiger charge is 2.29. The van der Waals surface area contributed by atoms with Crippen LogP contribution in [0.25, 0.3) is 0 Å². The van der Waals surface area contributed by atoms with Gasteiger partial charge in [0.25, 0.3) is 0 Å². The van der Waals surface area contributed by atoms with Crippen LogP contribution in [-0.2, 0) is 6.42 Å². The van der Waals surface area contributed by atoms with Gasteiger partial charge in [-0.05, 0) is 50.2 Å². The number of ether oxygens (including phenoxy) is 1. The van der Waals surface area contributed by atoms with Gasteiger partial charge in [-0.2, -0.15) is 0 Å². The Labute approximate surface area is 126 Å². The van der Waals surface area contributed by atoms with Gasteiger partial charge in [-0.3, -0.25) is 4.90 Å². The largest absolute Gasteiger partial charge is 0.488 e. The van der Waals surface area contributed by atoms with E-state index in [1.807, 2.05) is 25.2 Å². The lowest BCUT2D eigenvalue weighted by Crippen LogP contribution is -2.48. The van der Waals surface area contributed by atoms with Crippen molar-refractivity contribution in [2.75, 3.05) is 26.7 Å². The summed E-state index contributed by atoms with van der Waals surface area (Å²) < 4.78 is 6.07. The van der Waals surface area contributed by atoms with Crippen molar-refractivity contribution >= 4 is 11.6 Å². The first-order chi connectivity index (χ1) is 9.76. The lowest BCUT2D eigenvalue weighted by molar-refractivity contribution is 0.0904. The normalized spacial score (nSPS) is 26.3. The van der Waals surface area contributed by atoms with Gasteiger partial charge in [0.15, 0.2) is 0 Å². The van der Waals surface area contributed by atoms with E-state index in [4.69, 9.17) is 16.3 Å². The number of rotatable bonds is 4. The average Bonchev–Trinajstić information content (AvgIpc) is 2.82. The number of piperidine rings is 1. The summed E-state index contributed by atoms with van der Waals surface area (Å²) in [7, 11) is 2.04. The van der Waals surface area contributed by atoms with E-state index in [9.17, 15) is 0 Å². The molecule has 1 fully saturated rings. The number of halogens is 1. The van der Waals surface area contributed by atoms with Crippen molar-refractivity contribution in [3.8, 4) is 5.75 Å². The van der Waals surface area contributed by atoms with E-state index >= 15 is 0 Å². The maximum absolute atomic E-state index is 6.07. The third-order valence-electron chi connectivity index (χ3n) is 4.39. The van der Waals surface area contributed by atoms with Gasteiger partial charge in [-0.1, -0.05) is 18.0 Å². The summed E-state index contributed by atoms with van der Waals surface area (Å²) in [6.07, 6.45) is 5.22. The number of fused-ring (bicyclic) bond motifs is 1. The summed E-state index contributed by atoms with van der Waals surface area (Å²) in [5.74, 6) is 1.02. The number of hydrogen-bond donors (Lipinski definition) is 1. The maximum atomic E-state index is 6.07. The predicted molar refractivity (Wildman–Crippen MR) is 82.7 cm³/mol. The van der Waals surface area contributed by atoms with Gasteiger partial charge in [-0.25, -0.2) is 0 Å². The van der Waals surface area contributed by atoms with E-state index in [2.05, 4.69) is 10.2 Å². The van der Waals surface area contributed by atoms with Crippen LogP contribution in [0.1, 0.15) is 24.8 Å². The number of likely N-dealkylation sites (tertiary alicyclic amines) is 1. The molecule has 3 rings (SSSR count). The average molecular weight is 295 g/mol. The Morgan fingerprint density at radius 1 is 1.40 bits per heavy atom. The molecule has 0 saturated carbocycles. The fourth-order valence-corrected chi connectivity index (χ4v) is 3.61. The maximum Gasteiger partial charge on any atom is 0.123 e. The molecular formula is C16H23ClN2O. The van der Waals surface area contributed by atoms with Crippen molar-refractivity contribution in [1.29, 1.82) is 0 Å². The van der Waals surface area contributed by atoms with Gasteiger partial charge < -0.3 is 10.1 Å². The number of hydrogen-bond acceptors (Lipinski definition) is 3. The standard InChI is InChI=1S/C16H23ClN2O/c1-18-10-14-4-2-3-7-19(14)11-15-9-12-8-13(17)5-6-16(12)20-15/h5-6,8,14-15,18H,2-4,7,9-11H2,1H3. The van der Waals surface area contributed by atoms with E-state index in [-0.39, 0.29) is 6.10 Å². The summed E-state index contributed by atoms with van der Waals surface area (Å²) in [4.78, 5) is 2.60. The molecule has 2 atom stereocenters. The Balaban J connectivity index is 1.61. The monoisotopic (exact) mass is 294 g/mol. The lowest BCUT2D eigenvalue weighted by Gasteiger charge is -2.36. The zero-order valence-corrected chi connectivity index (χ0v) is 12.8. The summed E-state index contributed by atoms with van der Waals surface area (Å²) in [6, 6.07) is 6.61. The second-order valence-electron chi connectivity index (χ2n) is 5.90. The molecule has 4 heteroatoms. The van der Waals surface area contributed by atoms with Crippen molar-refractivity contribution in [3.63, 3.8) is 0 Å². The van der Waals surface area contributed by atoms with Crippen LogP contribution in [0.4, 0.5) is 0 Å². The quantitative estimate of drug-likeness (QED) is 0.924. The first kappa shape index (κ1) is 14.2. The second-order valence-corrected chi connectivity index (χ2v) is 6.33. The van der Waals surface area contributed by atoms with Crippen molar-refractivity contribution in [3.05, 3.63) is 28.8 Å². The molecule has 2 aliphatic rings. The number of nitrogens with one attached hydrogen (secondary N) is 1. The Morgan fingerprint density at radius 3 is 3.15 bits per heavy atom. The Bertz CT molecular complexity index is 464. The molecule has 0 radical (unpaired) electrons. The molecule has 2 aliphatic heterocycles. The van der Waals surface area contributed by atoms with Crippen LogP contribution in [0, 0.1) is 0 Å². The first-order valence-corrected chi connectivity index (χ1v) is 7.98. The minimum atomic E-state index is 0.279. The molecule has 0 aromatic heterocycles. The third kappa shape index (κ3) is 3.11. The van der Waals surface area contributed by atoms with E-state index in [1.54, 1.807) is 0 Å². The van der Waals surface area contributed by atoms with Crippen LogP contribution in [0.3, 0.4) is 0 Å². The summed E-state index contributed by atoms with van der Waals surface area (Å²) in [5, 5.41) is 4.12. The lowest BCUT2D eigenvalue weighted by atomic mass is 10.0. The highest BCUT2D eigenvalue weighted by molar-refractivity contribution is 6.30. The summed E-state index contributed by atoms with van der Waals surface area (Å²) in [5.41, 5.74) is 1.25. The minimum absolute atomic E-state index is 0.279. The number of likely N-dealkylation sites (N-methyl/N-ethyl adjacent to an activating group) is 1. The van der Waals surface area contributed by atoms with Crippen LogP contribution >= 0.6 is 11.6 Å². The van der Waals surface area contributed by atoms with Gasteiger partial charge in [0, 0.05) is 30.6 Å². The second kappa shape index (κ2) is 6.33. The molecule has 1 aromatic rings.